The molecular weight excluding hydrogens is 799 g/mol. The SMILES string of the molecule is CC.Cc1c(Nc2nc3ccccc3s2)nnc2c1CCCN2c1ccc(-c2cnn(CC34CC5(C)CC(C)(CC(CCCN(C)CCCC(=O)O)(C5)C3)C4)c2C)c(C(=O)O)n1. The molecule has 5 heterocycles. The Kier molecular flexibility index (Phi) is 12.0. The number of carbonyl (C=O) groups is 2. The summed E-state index contributed by atoms with van der Waals surface area (Å²) in [4.78, 5) is 37.8. The van der Waals surface area contributed by atoms with Crippen molar-refractivity contribution in [3.05, 3.63) is 65.1 Å². The van der Waals surface area contributed by atoms with Gasteiger partial charge in [-0.05, 0) is 151 Å². The zero-order chi connectivity index (χ0) is 44.0. The highest BCUT2D eigenvalue weighted by atomic mass is 32.1. The van der Waals surface area contributed by atoms with Crippen LogP contribution in [0.3, 0.4) is 0 Å². The number of aromatic carboxylic acids is 1. The average molecular weight is 862 g/mol. The van der Waals surface area contributed by atoms with Crippen LogP contribution in [0.5, 0.6) is 0 Å². The molecule has 330 valence electrons. The molecule has 4 aliphatic carbocycles. The third kappa shape index (κ3) is 8.56. The predicted molar refractivity (Wildman–Crippen MR) is 246 cm³/mol. The first-order chi connectivity index (χ1) is 29.6. The van der Waals surface area contributed by atoms with E-state index in [4.69, 9.17) is 20.2 Å². The smallest absolute Gasteiger partial charge is 0.355 e. The van der Waals surface area contributed by atoms with Gasteiger partial charge in [0.25, 0.3) is 0 Å². The lowest BCUT2D eigenvalue weighted by molar-refractivity contribution is -0.198. The number of rotatable bonds is 15. The Bertz CT molecular complexity index is 2430. The minimum Gasteiger partial charge on any atom is -0.481 e. The van der Waals surface area contributed by atoms with Crippen LogP contribution in [-0.2, 0) is 17.8 Å². The predicted octanol–water partition coefficient (Wildman–Crippen LogP) is 10.5. The average Bonchev–Trinajstić information content (AvgIpc) is 3.79. The largest absolute Gasteiger partial charge is 0.481 e. The molecule has 13 nitrogen and oxygen atoms in total. The van der Waals surface area contributed by atoms with Gasteiger partial charge in [-0.25, -0.2) is 14.8 Å². The molecule has 4 saturated carbocycles. The Morgan fingerprint density at radius 1 is 0.887 bits per heavy atom. The molecule has 5 aliphatic rings. The van der Waals surface area contributed by atoms with E-state index in [1.807, 2.05) is 62.2 Å². The van der Waals surface area contributed by atoms with Crippen molar-refractivity contribution < 1.29 is 19.8 Å². The first-order valence-electron chi connectivity index (χ1n) is 22.6. The van der Waals surface area contributed by atoms with Gasteiger partial charge in [0, 0.05) is 47.5 Å². The van der Waals surface area contributed by atoms with Crippen molar-refractivity contribution >= 4 is 56.1 Å². The van der Waals surface area contributed by atoms with E-state index in [1.165, 1.54) is 44.9 Å². The summed E-state index contributed by atoms with van der Waals surface area (Å²) in [5.41, 5.74) is 6.34. The summed E-state index contributed by atoms with van der Waals surface area (Å²) in [5, 5.41) is 38.1. The lowest BCUT2D eigenvalue weighted by Crippen LogP contribution is -2.60. The van der Waals surface area contributed by atoms with E-state index in [1.54, 1.807) is 11.3 Å². The summed E-state index contributed by atoms with van der Waals surface area (Å²) < 4.78 is 3.25. The Hall–Kier alpha value is -4.95. The number of pyridine rings is 1. The minimum atomic E-state index is -1.08. The van der Waals surface area contributed by atoms with Gasteiger partial charge in [0.05, 0.1) is 16.4 Å². The topological polar surface area (TPSA) is 162 Å². The number of benzene rings is 1. The van der Waals surface area contributed by atoms with Gasteiger partial charge in [0.1, 0.15) is 5.82 Å². The summed E-state index contributed by atoms with van der Waals surface area (Å²) in [5.74, 6) is 0.0984. The minimum absolute atomic E-state index is 0.00258. The maximum absolute atomic E-state index is 13.0. The van der Waals surface area contributed by atoms with Crippen LogP contribution < -0.4 is 10.2 Å². The molecule has 0 saturated heterocycles. The second-order valence-electron chi connectivity index (χ2n) is 19.6. The second kappa shape index (κ2) is 17.0. The number of hydrogen-bond acceptors (Lipinski definition) is 11. The van der Waals surface area contributed by atoms with Crippen molar-refractivity contribution in [1.29, 1.82) is 0 Å². The Labute approximate surface area is 369 Å². The van der Waals surface area contributed by atoms with Crippen molar-refractivity contribution in [2.24, 2.45) is 21.7 Å². The number of anilines is 4. The molecule has 0 spiro atoms. The van der Waals surface area contributed by atoms with E-state index in [9.17, 15) is 14.7 Å². The summed E-state index contributed by atoms with van der Waals surface area (Å²) >= 11 is 1.58. The van der Waals surface area contributed by atoms with Crippen molar-refractivity contribution in [3.8, 4) is 11.1 Å². The number of carboxylic acid groups (broad SMARTS) is 2. The van der Waals surface area contributed by atoms with Crippen LogP contribution in [0.25, 0.3) is 21.3 Å². The molecule has 1 aliphatic heterocycles. The van der Waals surface area contributed by atoms with Crippen molar-refractivity contribution in [3.63, 3.8) is 0 Å². The highest BCUT2D eigenvalue weighted by Gasteiger charge is 2.65. The fourth-order valence-corrected chi connectivity index (χ4v) is 13.9. The standard InChI is InChI=1S/C46H57N9O4S.C2H6/c1-29-31-11-8-20-54(40(31)52-51-39(29)50-42-48-34-12-6-7-13-35(34)60-42)36-16-15-32(38(49-36)41(58)59)33-21-47-55(30(33)2)28-46-25-43(3)22-44(4,26-46)24-45(23-43,27-46)17-10-19-53(5)18-9-14-37(56)57;1-2/h6-7,12-13,15-16,21H,8-11,14,17-20,22-28H2,1-5H3,(H,56,57)(H,58,59)(H,48,50,51);1-2H3. The molecular formula is C48H63N9O4S. The van der Waals surface area contributed by atoms with E-state index >= 15 is 0 Å². The highest BCUT2D eigenvalue weighted by molar-refractivity contribution is 7.22. The number of nitrogens with zero attached hydrogens (tertiary/aromatic N) is 8. The van der Waals surface area contributed by atoms with Crippen LogP contribution in [0.1, 0.15) is 126 Å². The summed E-state index contributed by atoms with van der Waals surface area (Å²) in [6, 6.07) is 11.8. The molecule has 0 amide bonds. The van der Waals surface area contributed by atoms with Gasteiger partial charge in [-0.2, -0.15) is 5.10 Å². The lowest BCUT2D eigenvalue weighted by atomic mass is 9.35. The molecule has 62 heavy (non-hydrogen) atoms. The van der Waals surface area contributed by atoms with Crippen LogP contribution in [0.2, 0.25) is 0 Å². The molecule has 4 bridgehead atoms. The number of aromatic nitrogens is 6. The van der Waals surface area contributed by atoms with Crippen molar-refractivity contribution in [1.82, 2.24) is 34.8 Å². The molecule has 3 N–H and O–H groups in total. The lowest BCUT2D eigenvalue weighted by Gasteiger charge is -2.70. The monoisotopic (exact) mass is 861 g/mol. The van der Waals surface area contributed by atoms with Gasteiger partial charge >= 0.3 is 11.9 Å². The normalized spacial score (nSPS) is 24.9. The molecule has 10 rings (SSSR count). The van der Waals surface area contributed by atoms with Gasteiger partial charge in [-0.1, -0.05) is 51.2 Å². The van der Waals surface area contributed by atoms with Gasteiger partial charge in [-0.3, -0.25) is 9.48 Å². The van der Waals surface area contributed by atoms with E-state index in [0.717, 1.165) is 76.6 Å². The van der Waals surface area contributed by atoms with Gasteiger partial charge < -0.3 is 25.3 Å². The van der Waals surface area contributed by atoms with Crippen LogP contribution in [0.15, 0.2) is 42.6 Å². The quantitative estimate of drug-likeness (QED) is 0.0915. The van der Waals surface area contributed by atoms with E-state index < -0.39 is 11.9 Å². The maximum atomic E-state index is 13.0. The second-order valence-corrected chi connectivity index (χ2v) is 20.6. The molecule has 2 unspecified atom stereocenters. The Balaban J connectivity index is 0.00000261. The number of para-hydroxylation sites is 1. The van der Waals surface area contributed by atoms with E-state index in [-0.39, 0.29) is 17.5 Å². The number of thiazole rings is 1. The molecule has 0 radical (unpaired) electrons. The summed E-state index contributed by atoms with van der Waals surface area (Å²) in [6.45, 7) is 16.4. The first kappa shape index (κ1) is 43.7. The van der Waals surface area contributed by atoms with Crippen molar-refractivity contribution in [2.75, 3.05) is 36.9 Å². The number of carboxylic acids is 2. The molecule has 14 heteroatoms. The number of hydrogen-bond donors (Lipinski definition) is 3. The van der Waals surface area contributed by atoms with Crippen molar-refractivity contribution in [2.45, 2.75) is 125 Å². The maximum Gasteiger partial charge on any atom is 0.355 e. The third-order valence-corrected chi connectivity index (χ3v) is 15.1. The zero-order valence-corrected chi connectivity index (χ0v) is 38.4. The molecule has 4 aromatic heterocycles. The van der Waals surface area contributed by atoms with Gasteiger partial charge in [-0.15, -0.1) is 10.2 Å². The summed E-state index contributed by atoms with van der Waals surface area (Å²) in [6.07, 6.45) is 14.2. The third-order valence-electron chi connectivity index (χ3n) is 14.1. The van der Waals surface area contributed by atoms with E-state index in [2.05, 4.69) is 59.0 Å². The van der Waals surface area contributed by atoms with Crippen LogP contribution in [0.4, 0.5) is 22.6 Å². The van der Waals surface area contributed by atoms with Crippen LogP contribution >= 0.6 is 11.3 Å². The van der Waals surface area contributed by atoms with Gasteiger partial charge in [0.2, 0.25) is 0 Å². The first-order valence-corrected chi connectivity index (χ1v) is 23.4. The van der Waals surface area contributed by atoms with Crippen LogP contribution in [0, 0.1) is 35.5 Å². The number of aliphatic carboxylic acids is 1. The van der Waals surface area contributed by atoms with Gasteiger partial charge in [0.15, 0.2) is 22.5 Å². The fraction of sp³-hybridized carbons (Fsp3) is 0.562. The Morgan fingerprint density at radius 3 is 2.34 bits per heavy atom. The highest BCUT2D eigenvalue weighted by Crippen LogP contribution is 2.75. The molecule has 5 aromatic rings. The van der Waals surface area contributed by atoms with Crippen LogP contribution in [-0.4, -0.2) is 83.7 Å². The molecule has 1 aromatic carbocycles. The molecule has 2 atom stereocenters. The number of fused-ring (bicyclic) bond motifs is 2. The zero-order valence-electron chi connectivity index (χ0n) is 37.6. The summed E-state index contributed by atoms with van der Waals surface area (Å²) in [7, 11) is 2.12. The van der Waals surface area contributed by atoms with E-state index in [0.29, 0.717) is 52.2 Å². The molecule has 4 fully saturated rings. The number of nitrogens with one attached hydrogen (secondary N) is 1. The Morgan fingerprint density at radius 2 is 1.61 bits per heavy atom. The fourth-order valence-electron chi connectivity index (χ4n) is 13.1.